The Labute approximate surface area is 228 Å². The van der Waals surface area contributed by atoms with Gasteiger partial charge in [-0.1, -0.05) is 154 Å². The van der Waals surface area contributed by atoms with Crippen LogP contribution in [0.5, 0.6) is 0 Å². The number of aliphatic hydroxyl groups excluding tert-OH is 1. The van der Waals surface area contributed by atoms with Crippen LogP contribution in [0.2, 0.25) is 0 Å². The highest BCUT2D eigenvalue weighted by molar-refractivity contribution is 8.13. The summed E-state index contributed by atoms with van der Waals surface area (Å²) in [5.74, 6) is 0.112. The molecule has 0 aromatic rings. The van der Waals surface area contributed by atoms with Crippen molar-refractivity contribution in [1.29, 1.82) is 0 Å². The largest absolute Gasteiger partial charge is 0.459 e. The summed E-state index contributed by atoms with van der Waals surface area (Å²) in [5.41, 5.74) is 0. The van der Waals surface area contributed by atoms with Gasteiger partial charge < -0.3 is 9.84 Å². The van der Waals surface area contributed by atoms with Gasteiger partial charge >= 0.3 is 5.97 Å². The molecule has 0 saturated heterocycles. The van der Waals surface area contributed by atoms with Gasteiger partial charge in [0.15, 0.2) is 5.12 Å². The van der Waals surface area contributed by atoms with Crippen molar-refractivity contribution < 1.29 is 19.4 Å². The Bertz CT molecular complexity index is 483. The van der Waals surface area contributed by atoms with Crippen molar-refractivity contribution in [3.8, 4) is 0 Å². The predicted octanol–water partition coefficient (Wildman–Crippen LogP) is 9.55. The van der Waals surface area contributed by atoms with Crippen molar-refractivity contribution in [1.82, 2.24) is 0 Å². The van der Waals surface area contributed by atoms with Gasteiger partial charge in [-0.15, -0.1) is 0 Å². The van der Waals surface area contributed by atoms with E-state index in [1.54, 1.807) is 0 Å². The average Bonchev–Trinajstić information content (AvgIpc) is 2.88. The van der Waals surface area contributed by atoms with E-state index >= 15 is 0 Å². The lowest BCUT2D eigenvalue weighted by Crippen LogP contribution is -2.25. The highest BCUT2D eigenvalue weighted by atomic mass is 32.2. The first-order chi connectivity index (χ1) is 17.6. The van der Waals surface area contributed by atoms with Crippen LogP contribution >= 0.6 is 11.8 Å². The topological polar surface area (TPSA) is 63.6 Å². The molecule has 0 aliphatic heterocycles. The van der Waals surface area contributed by atoms with Crippen LogP contribution in [0.25, 0.3) is 0 Å². The van der Waals surface area contributed by atoms with Crippen LogP contribution < -0.4 is 0 Å². The van der Waals surface area contributed by atoms with Crippen LogP contribution in [0.3, 0.4) is 0 Å². The maximum absolute atomic E-state index is 12.1. The fraction of sp³-hybridized carbons (Fsp3) is 0.935. The molecule has 5 heteroatoms. The monoisotopic (exact) mass is 528 g/mol. The molecule has 0 heterocycles. The minimum Gasteiger partial charge on any atom is -0.459 e. The number of ether oxygens (including phenoxy) is 1. The molecule has 0 aliphatic rings. The summed E-state index contributed by atoms with van der Waals surface area (Å²) >= 11 is 1.20. The van der Waals surface area contributed by atoms with E-state index in [0.29, 0.717) is 18.6 Å². The third kappa shape index (κ3) is 26.5. The summed E-state index contributed by atoms with van der Waals surface area (Å²) in [6.07, 6.45) is 28.1. The molecule has 0 aromatic heterocycles. The highest BCUT2D eigenvalue weighted by Crippen LogP contribution is 2.16. The van der Waals surface area contributed by atoms with Crippen molar-refractivity contribution in [3.63, 3.8) is 0 Å². The van der Waals surface area contributed by atoms with Gasteiger partial charge in [-0.3, -0.25) is 9.59 Å². The van der Waals surface area contributed by atoms with Crippen LogP contribution in [0.1, 0.15) is 168 Å². The number of unbranched alkanes of at least 4 members (excludes halogenated alkanes) is 20. The molecular weight excluding hydrogens is 468 g/mol. The van der Waals surface area contributed by atoms with Crippen LogP contribution in [0, 0.1) is 0 Å². The van der Waals surface area contributed by atoms with E-state index < -0.39 is 6.10 Å². The standard InChI is InChI=1S/C31H60O4S/c1-3-5-7-9-11-13-15-17-19-21-23-25-30(33)35-29(27-32)28-36-31(34)26-24-22-20-18-16-14-12-10-8-6-4-2/h29,32H,3-28H2,1-2H3/t29-/m0/s1. The number of hydrogen-bond donors (Lipinski definition) is 1. The van der Waals surface area contributed by atoms with Gasteiger partial charge in [0.25, 0.3) is 0 Å². The van der Waals surface area contributed by atoms with Crippen molar-refractivity contribution in [2.45, 2.75) is 174 Å². The van der Waals surface area contributed by atoms with Crippen LogP contribution in [0.15, 0.2) is 0 Å². The molecule has 0 spiro atoms. The average molecular weight is 529 g/mol. The Morgan fingerprint density at radius 3 is 1.33 bits per heavy atom. The van der Waals surface area contributed by atoms with E-state index in [0.717, 1.165) is 25.7 Å². The maximum Gasteiger partial charge on any atom is 0.306 e. The fourth-order valence-electron chi connectivity index (χ4n) is 4.49. The normalized spacial score (nSPS) is 12.1. The molecule has 36 heavy (non-hydrogen) atoms. The van der Waals surface area contributed by atoms with Gasteiger partial charge in [-0.2, -0.15) is 0 Å². The fourth-order valence-corrected chi connectivity index (χ4v) is 5.33. The minimum atomic E-state index is -0.573. The molecule has 0 saturated carbocycles. The molecule has 0 unspecified atom stereocenters. The quantitative estimate of drug-likeness (QED) is 0.0809. The summed E-state index contributed by atoms with van der Waals surface area (Å²) in [4.78, 5) is 24.2. The molecule has 4 nitrogen and oxygen atoms in total. The molecule has 1 N–H and O–H groups in total. The van der Waals surface area contributed by atoms with Gasteiger partial charge in [0.05, 0.1) is 6.61 Å². The Morgan fingerprint density at radius 1 is 0.583 bits per heavy atom. The number of carbonyl (C=O) groups excluding carboxylic acids is 2. The SMILES string of the molecule is CCCCCCCCCCCCCC(=O)O[C@@H](CO)CSC(=O)CCCCCCCCCCCCC. The summed E-state index contributed by atoms with van der Waals surface area (Å²) in [6.45, 7) is 4.29. The number of hydrogen-bond acceptors (Lipinski definition) is 5. The van der Waals surface area contributed by atoms with Crippen molar-refractivity contribution >= 4 is 22.8 Å². The molecule has 0 amide bonds. The summed E-state index contributed by atoms with van der Waals surface area (Å²) in [7, 11) is 0. The Morgan fingerprint density at radius 2 is 0.944 bits per heavy atom. The number of esters is 1. The van der Waals surface area contributed by atoms with Crippen molar-refractivity contribution in [2.75, 3.05) is 12.4 Å². The lowest BCUT2D eigenvalue weighted by Gasteiger charge is -2.14. The van der Waals surface area contributed by atoms with Gasteiger partial charge in [0.2, 0.25) is 0 Å². The van der Waals surface area contributed by atoms with Gasteiger partial charge in [-0.05, 0) is 12.8 Å². The van der Waals surface area contributed by atoms with Crippen molar-refractivity contribution in [3.05, 3.63) is 0 Å². The molecule has 0 aliphatic carbocycles. The van der Waals surface area contributed by atoms with Crippen LogP contribution in [-0.4, -0.2) is 34.7 Å². The first-order valence-corrected chi connectivity index (χ1v) is 16.6. The first-order valence-electron chi connectivity index (χ1n) is 15.6. The van der Waals surface area contributed by atoms with Gasteiger partial charge in [0.1, 0.15) is 6.10 Å². The van der Waals surface area contributed by atoms with E-state index in [2.05, 4.69) is 13.8 Å². The molecule has 0 rings (SSSR count). The van der Waals surface area contributed by atoms with Gasteiger partial charge in [0, 0.05) is 18.6 Å². The zero-order valence-corrected chi connectivity index (χ0v) is 24.9. The number of aliphatic hydroxyl groups is 1. The minimum absolute atomic E-state index is 0.144. The predicted molar refractivity (Wildman–Crippen MR) is 157 cm³/mol. The second-order valence-corrected chi connectivity index (χ2v) is 11.6. The van der Waals surface area contributed by atoms with Crippen LogP contribution in [-0.2, 0) is 14.3 Å². The Balaban J connectivity index is 3.57. The van der Waals surface area contributed by atoms with Gasteiger partial charge in [-0.25, -0.2) is 0 Å². The Hall–Kier alpha value is -0.550. The van der Waals surface area contributed by atoms with E-state index in [1.165, 1.54) is 127 Å². The van der Waals surface area contributed by atoms with E-state index in [4.69, 9.17) is 4.74 Å². The summed E-state index contributed by atoms with van der Waals surface area (Å²) in [5, 5.41) is 9.67. The first kappa shape index (κ1) is 35.5. The second-order valence-electron chi connectivity index (χ2n) is 10.5. The van der Waals surface area contributed by atoms with E-state index in [-0.39, 0.29) is 17.7 Å². The summed E-state index contributed by atoms with van der Waals surface area (Å²) in [6, 6.07) is 0. The van der Waals surface area contributed by atoms with Crippen LogP contribution in [0.4, 0.5) is 0 Å². The van der Waals surface area contributed by atoms with E-state index in [1.807, 2.05) is 0 Å². The van der Waals surface area contributed by atoms with E-state index in [9.17, 15) is 14.7 Å². The highest BCUT2D eigenvalue weighted by Gasteiger charge is 2.15. The number of rotatable bonds is 28. The molecule has 0 aromatic carbocycles. The molecular formula is C31H60O4S. The maximum atomic E-state index is 12.1. The third-order valence-electron chi connectivity index (χ3n) is 6.90. The number of carbonyl (C=O) groups is 2. The molecule has 0 radical (unpaired) electrons. The zero-order valence-electron chi connectivity index (χ0n) is 24.0. The molecule has 0 fully saturated rings. The lowest BCUT2D eigenvalue weighted by atomic mass is 10.1. The Kier molecular flexibility index (Phi) is 28.6. The third-order valence-corrected chi connectivity index (χ3v) is 7.97. The van der Waals surface area contributed by atoms with Crippen molar-refractivity contribution in [2.24, 2.45) is 0 Å². The number of thioether (sulfide) groups is 1. The second kappa shape index (κ2) is 29.0. The molecule has 1 atom stereocenters. The zero-order chi connectivity index (χ0) is 26.5. The smallest absolute Gasteiger partial charge is 0.306 e. The summed E-state index contributed by atoms with van der Waals surface area (Å²) < 4.78 is 5.39. The lowest BCUT2D eigenvalue weighted by molar-refractivity contribution is -0.149. The molecule has 0 bridgehead atoms. The molecule has 214 valence electrons.